The summed E-state index contributed by atoms with van der Waals surface area (Å²) in [5.41, 5.74) is 2.09. The number of ether oxygens (including phenoxy) is 2. The highest BCUT2D eigenvalue weighted by molar-refractivity contribution is 5.95. The van der Waals surface area contributed by atoms with E-state index in [1.165, 1.54) is 6.26 Å². The van der Waals surface area contributed by atoms with Crippen molar-refractivity contribution in [2.45, 2.75) is 6.54 Å². The first-order chi connectivity index (χ1) is 14.6. The van der Waals surface area contributed by atoms with Gasteiger partial charge in [0.15, 0.2) is 13.2 Å². The van der Waals surface area contributed by atoms with Gasteiger partial charge in [-0.05, 0) is 35.4 Å². The lowest BCUT2D eigenvalue weighted by atomic mass is 10.1. The summed E-state index contributed by atoms with van der Waals surface area (Å²) in [6.45, 7) is -0.825. The van der Waals surface area contributed by atoms with Gasteiger partial charge in [-0.1, -0.05) is 42.5 Å². The van der Waals surface area contributed by atoms with E-state index in [4.69, 9.17) is 13.9 Å². The number of benzene rings is 2. The van der Waals surface area contributed by atoms with Crippen molar-refractivity contribution in [3.05, 3.63) is 78.8 Å². The minimum Gasteiger partial charge on any atom is -0.482 e. The molecule has 0 aliphatic heterocycles. The minimum absolute atomic E-state index is 0.128. The number of furan rings is 1. The molecule has 3 amide bonds. The summed E-state index contributed by atoms with van der Waals surface area (Å²) in [4.78, 5) is 35.0. The van der Waals surface area contributed by atoms with Crippen LogP contribution in [0.2, 0.25) is 0 Å². The Bertz CT molecular complexity index is 969. The summed E-state index contributed by atoms with van der Waals surface area (Å²) in [5, 5.41) is 4.48. The van der Waals surface area contributed by atoms with Gasteiger partial charge in [-0.2, -0.15) is 0 Å². The number of amides is 3. The molecule has 3 aromatic rings. The van der Waals surface area contributed by atoms with Crippen LogP contribution >= 0.6 is 0 Å². The molecule has 0 bridgehead atoms. The Labute approximate surface area is 172 Å². The van der Waals surface area contributed by atoms with Crippen LogP contribution in [0.3, 0.4) is 0 Å². The summed E-state index contributed by atoms with van der Waals surface area (Å²) in [5.74, 6) is -0.452. The highest BCUT2D eigenvalue weighted by atomic mass is 16.6. The Morgan fingerprint density at radius 3 is 2.27 bits per heavy atom. The molecule has 30 heavy (non-hydrogen) atoms. The summed E-state index contributed by atoms with van der Waals surface area (Å²) < 4.78 is 15.2. The SMILES string of the molecule is O=C(COC(=O)COc1ccc(-c2ccccc2)cc1)NC(=O)NCc1ccco1. The van der Waals surface area contributed by atoms with Crippen LogP contribution in [0.4, 0.5) is 4.79 Å². The molecule has 0 unspecified atom stereocenters. The standard InChI is InChI=1S/C22H20N2O6/c25-20(24-22(27)23-13-19-7-4-12-28-19)14-30-21(26)15-29-18-10-8-17(9-11-18)16-5-2-1-3-6-16/h1-12H,13-15H2,(H2,23,24,25,27). The first-order valence-corrected chi connectivity index (χ1v) is 9.14. The maximum absolute atomic E-state index is 11.7. The van der Waals surface area contributed by atoms with Crippen LogP contribution in [-0.4, -0.2) is 31.1 Å². The molecule has 0 fully saturated rings. The Balaban J connectivity index is 1.34. The number of esters is 1. The van der Waals surface area contributed by atoms with Crippen molar-refractivity contribution < 1.29 is 28.3 Å². The third-order valence-electron chi connectivity index (χ3n) is 3.94. The fraction of sp³-hybridized carbons (Fsp3) is 0.136. The van der Waals surface area contributed by atoms with Gasteiger partial charge < -0.3 is 19.2 Å². The van der Waals surface area contributed by atoms with E-state index >= 15 is 0 Å². The monoisotopic (exact) mass is 408 g/mol. The quantitative estimate of drug-likeness (QED) is 0.555. The van der Waals surface area contributed by atoms with Gasteiger partial charge in [-0.15, -0.1) is 0 Å². The highest BCUT2D eigenvalue weighted by Crippen LogP contribution is 2.21. The van der Waals surface area contributed by atoms with Crippen LogP contribution in [0.5, 0.6) is 5.75 Å². The normalized spacial score (nSPS) is 10.1. The van der Waals surface area contributed by atoms with Gasteiger partial charge in [-0.3, -0.25) is 10.1 Å². The van der Waals surface area contributed by atoms with Crippen LogP contribution in [0.25, 0.3) is 11.1 Å². The number of nitrogens with one attached hydrogen (secondary N) is 2. The van der Waals surface area contributed by atoms with Crippen molar-refractivity contribution in [2.75, 3.05) is 13.2 Å². The molecular formula is C22H20N2O6. The van der Waals surface area contributed by atoms with E-state index in [1.807, 2.05) is 47.8 Å². The Kier molecular flexibility index (Phi) is 7.21. The minimum atomic E-state index is -0.757. The van der Waals surface area contributed by atoms with Crippen molar-refractivity contribution in [1.82, 2.24) is 10.6 Å². The second kappa shape index (κ2) is 10.5. The fourth-order valence-electron chi connectivity index (χ4n) is 2.49. The average Bonchev–Trinajstić information content (AvgIpc) is 3.29. The zero-order chi connectivity index (χ0) is 21.2. The molecule has 8 heteroatoms. The van der Waals surface area contributed by atoms with Crippen molar-refractivity contribution in [3.63, 3.8) is 0 Å². The second-order valence-corrected chi connectivity index (χ2v) is 6.15. The van der Waals surface area contributed by atoms with E-state index in [-0.39, 0.29) is 13.2 Å². The molecule has 0 saturated heterocycles. The number of urea groups is 1. The van der Waals surface area contributed by atoms with Gasteiger partial charge in [0.25, 0.3) is 5.91 Å². The summed E-state index contributed by atoms with van der Waals surface area (Å²) in [6.07, 6.45) is 1.47. The summed E-state index contributed by atoms with van der Waals surface area (Å²) >= 11 is 0. The number of imide groups is 1. The molecule has 0 aliphatic carbocycles. The average molecular weight is 408 g/mol. The van der Waals surface area contributed by atoms with Gasteiger partial charge in [0, 0.05) is 0 Å². The van der Waals surface area contributed by atoms with Gasteiger partial charge in [-0.25, -0.2) is 9.59 Å². The second-order valence-electron chi connectivity index (χ2n) is 6.15. The topological polar surface area (TPSA) is 107 Å². The molecule has 2 N–H and O–H groups in total. The lowest BCUT2D eigenvalue weighted by molar-refractivity contribution is -0.150. The van der Waals surface area contributed by atoms with Crippen LogP contribution in [-0.2, 0) is 20.9 Å². The molecule has 1 aromatic heterocycles. The van der Waals surface area contributed by atoms with Crippen LogP contribution < -0.4 is 15.4 Å². The lowest BCUT2D eigenvalue weighted by Gasteiger charge is -2.08. The molecule has 2 aromatic carbocycles. The van der Waals surface area contributed by atoms with E-state index < -0.39 is 24.5 Å². The van der Waals surface area contributed by atoms with E-state index in [2.05, 4.69) is 5.32 Å². The lowest BCUT2D eigenvalue weighted by Crippen LogP contribution is -2.41. The zero-order valence-electron chi connectivity index (χ0n) is 16.0. The Morgan fingerprint density at radius 2 is 1.57 bits per heavy atom. The van der Waals surface area contributed by atoms with E-state index in [9.17, 15) is 14.4 Å². The van der Waals surface area contributed by atoms with Gasteiger partial charge >= 0.3 is 12.0 Å². The number of rotatable bonds is 8. The molecule has 0 atom stereocenters. The number of hydrogen-bond donors (Lipinski definition) is 2. The molecule has 0 spiro atoms. The first kappa shape index (κ1) is 20.7. The van der Waals surface area contributed by atoms with E-state index in [0.717, 1.165) is 11.1 Å². The third-order valence-corrected chi connectivity index (χ3v) is 3.94. The number of carbonyl (C=O) groups excluding carboxylic acids is 3. The molecule has 0 aliphatic rings. The maximum atomic E-state index is 11.7. The molecule has 8 nitrogen and oxygen atoms in total. The summed E-state index contributed by atoms with van der Waals surface area (Å²) in [6, 6.07) is 19.7. The highest BCUT2D eigenvalue weighted by Gasteiger charge is 2.12. The van der Waals surface area contributed by atoms with Gasteiger partial charge in [0.05, 0.1) is 12.8 Å². The van der Waals surface area contributed by atoms with Crippen LogP contribution in [0.15, 0.2) is 77.4 Å². The molecule has 1 heterocycles. The predicted molar refractivity (Wildman–Crippen MR) is 107 cm³/mol. The van der Waals surface area contributed by atoms with Crippen molar-refractivity contribution >= 4 is 17.9 Å². The number of carbonyl (C=O) groups is 3. The van der Waals surface area contributed by atoms with Crippen LogP contribution in [0.1, 0.15) is 5.76 Å². The molecular weight excluding hydrogens is 388 g/mol. The van der Waals surface area contributed by atoms with Crippen LogP contribution in [0, 0.1) is 0 Å². The fourth-order valence-corrected chi connectivity index (χ4v) is 2.49. The first-order valence-electron chi connectivity index (χ1n) is 9.14. The predicted octanol–water partition coefficient (Wildman–Crippen LogP) is 2.89. The van der Waals surface area contributed by atoms with E-state index in [1.54, 1.807) is 24.3 Å². The smallest absolute Gasteiger partial charge is 0.344 e. The van der Waals surface area contributed by atoms with Crippen molar-refractivity contribution in [2.24, 2.45) is 0 Å². The zero-order valence-corrected chi connectivity index (χ0v) is 16.0. The number of hydrogen-bond acceptors (Lipinski definition) is 6. The van der Waals surface area contributed by atoms with Gasteiger partial charge in [0.1, 0.15) is 11.5 Å². The van der Waals surface area contributed by atoms with Gasteiger partial charge in [0.2, 0.25) is 0 Å². The molecule has 0 radical (unpaired) electrons. The summed E-state index contributed by atoms with van der Waals surface area (Å²) in [7, 11) is 0. The van der Waals surface area contributed by atoms with E-state index in [0.29, 0.717) is 11.5 Å². The van der Waals surface area contributed by atoms with Crippen molar-refractivity contribution in [3.8, 4) is 16.9 Å². The molecule has 0 saturated carbocycles. The Morgan fingerprint density at radius 1 is 0.833 bits per heavy atom. The maximum Gasteiger partial charge on any atom is 0.344 e. The van der Waals surface area contributed by atoms with Crippen molar-refractivity contribution in [1.29, 1.82) is 0 Å². The largest absolute Gasteiger partial charge is 0.482 e. The molecule has 3 rings (SSSR count). The Hall–Kier alpha value is -4.07. The molecule has 154 valence electrons. The third kappa shape index (κ3) is 6.52.